The Morgan fingerprint density at radius 3 is 2.91 bits per heavy atom. The first-order valence-electron chi connectivity index (χ1n) is 7.18. The summed E-state index contributed by atoms with van der Waals surface area (Å²) in [5, 5.41) is 0.771. The van der Waals surface area contributed by atoms with Gasteiger partial charge in [0.15, 0.2) is 0 Å². The normalized spacial score (nSPS) is 16.4. The number of nitrogens with zero attached hydrogens (tertiary/aromatic N) is 2. The molecule has 1 aliphatic heterocycles. The number of thioether (sulfide) groups is 1. The Balaban J connectivity index is 1.62. The zero-order valence-corrected chi connectivity index (χ0v) is 13.7. The standard InChI is InChI=1S/C16H17FN2O3S/c1-20-15-16(21-2)19-14(7-18-15)23-9-10-5-11-3-4-12(17)6-13(11)22-8-10/h3-4,6-7,10H,5,8-9H2,1-2H3. The van der Waals surface area contributed by atoms with Crippen LogP contribution in [0.3, 0.4) is 0 Å². The van der Waals surface area contributed by atoms with Crippen LogP contribution in [0.1, 0.15) is 5.56 Å². The molecular weight excluding hydrogens is 319 g/mol. The number of fused-ring (bicyclic) bond motifs is 1. The van der Waals surface area contributed by atoms with Gasteiger partial charge >= 0.3 is 0 Å². The number of hydrogen-bond acceptors (Lipinski definition) is 6. The van der Waals surface area contributed by atoms with E-state index >= 15 is 0 Å². The summed E-state index contributed by atoms with van der Waals surface area (Å²) >= 11 is 1.59. The molecule has 0 aliphatic carbocycles. The second kappa shape index (κ2) is 7.04. The molecule has 5 nitrogen and oxygen atoms in total. The number of hydrogen-bond donors (Lipinski definition) is 0. The maximum absolute atomic E-state index is 13.2. The van der Waals surface area contributed by atoms with Crippen molar-refractivity contribution in [3.8, 4) is 17.5 Å². The SMILES string of the molecule is COc1ncc(SCC2COc3cc(F)ccc3C2)nc1OC. The number of aromatic nitrogens is 2. The van der Waals surface area contributed by atoms with Crippen LogP contribution < -0.4 is 14.2 Å². The van der Waals surface area contributed by atoms with Crippen molar-refractivity contribution in [2.45, 2.75) is 11.4 Å². The van der Waals surface area contributed by atoms with Gasteiger partial charge in [-0.2, -0.15) is 0 Å². The van der Waals surface area contributed by atoms with Crippen LogP contribution in [0.15, 0.2) is 29.4 Å². The van der Waals surface area contributed by atoms with E-state index in [0.717, 1.165) is 22.8 Å². The summed E-state index contributed by atoms with van der Waals surface area (Å²) in [6, 6.07) is 4.70. The van der Waals surface area contributed by atoms with Crippen molar-refractivity contribution < 1.29 is 18.6 Å². The Kier molecular flexibility index (Phi) is 4.85. The predicted octanol–water partition coefficient (Wildman–Crippen LogP) is 2.98. The molecule has 23 heavy (non-hydrogen) atoms. The molecule has 2 aromatic rings. The molecular formula is C16H17FN2O3S. The first kappa shape index (κ1) is 15.9. The van der Waals surface area contributed by atoms with E-state index in [0.29, 0.717) is 30.0 Å². The van der Waals surface area contributed by atoms with Crippen LogP contribution in [0.5, 0.6) is 17.5 Å². The van der Waals surface area contributed by atoms with Gasteiger partial charge < -0.3 is 14.2 Å². The van der Waals surface area contributed by atoms with E-state index in [4.69, 9.17) is 14.2 Å². The zero-order valence-electron chi connectivity index (χ0n) is 12.9. The fraction of sp³-hybridized carbons (Fsp3) is 0.375. The number of rotatable bonds is 5. The maximum Gasteiger partial charge on any atom is 0.278 e. The van der Waals surface area contributed by atoms with E-state index in [2.05, 4.69) is 9.97 Å². The Bertz CT molecular complexity index is 699. The van der Waals surface area contributed by atoms with Crippen molar-refractivity contribution in [3.05, 3.63) is 35.8 Å². The molecule has 0 spiro atoms. The molecule has 0 saturated heterocycles. The minimum absolute atomic E-state index is 0.267. The summed E-state index contributed by atoms with van der Waals surface area (Å²) in [5.41, 5.74) is 1.04. The van der Waals surface area contributed by atoms with E-state index in [-0.39, 0.29) is 5.82 Å². The van der Waals surface area contributed by atoms with Crippen molar-refractivity contribution >= 4 is 11.8 Å². The summed E-state index contributed by atoms with van der Waals surface area (Å²) in [5.74, 6) is 2.30. The highest BCUT2D eigenvalue weighted by Gasteiger charge is 2.21. The van der Waals surface area contributed by atoms with Gasteiger partial charge in [0.05, 0.1) is 27.0 Å². The van der Waals surface area contributed by atoms with Crippen molar-refractivity contribution in [1.82, 2.24) is 9.97 Å². The second-order valence-corrected chi connectivity index (χ2v) is 6.21. The molecule has 1 aliphatic rings. The maximum atomic E-state index is 13.2. The highest BCUT2D eigenvalue weighted by Crippen LogP contribution is 2.31. The van der Waals surface area contributed by atoms with Gasteiger partial charge in [0.25, 0.3) is 11.8 Å². The summed E-state index contributed by atoms with van der Waals surface area (Å²) in [4.78, 5) is 8.54. The third kappa shape index (κ3) is 3.67. The molecule has 1 aromatic heterocycles. The first-order valence-corrected chi connectivity index (χ1v) is 8.17. The molecule has 7 heteroatoms. The summed E-state index contributed by atoms with van der Waals surface area (Å²) in [7, 11) is 3.06. The van der Waals surface area contributed by atoms with Crippen molar-refractivity contribution in [2.24, 2.45) is 5.92 Å². The Labute approximate surface area is 138 Å². The monoisotopic (exact) mass is 336 g/mol. The molecule has 122 valence electrons. The van der Waals surface area contributed by atoms with Crippen molar-refractivity contribution in [1.29, 1.82) is 0 Å². The van der Waals surface area contributed by atoms with E-state index in [1.807, 2.05) is 0 Å². The van der Waals surface area contributed by atoms with Crippen molar-refractivity contribution in [3.63, 3.8) is 0 Å². The minimum atomic E-state index is -0.267. The van der Waals surface area contributed by atoms with Crippen LogP contribution in [-0.2, 0) is 6.42 Å². The van der Waals surface area contributed by atoms with Crippen LogP contribution in [0, 0.1) is 11.7 Å². The molecule has 0 amide bonds. The van der Waals surface area contributed by atoms with Crippen LogP contribution in [0.25, 0.3) is 0 Å². The van der Waals surface area contributed by atoms with Gasteiger partial charge in [-0.05, 0) is 18.1 Å². The molecule has 1 unspecified atom stereocenters. The topological polar surface area (TPSA) is 53.5 Å². The van der Waals surface area contributed by atoms with Gasteiger partial charge in [0.2, 0.25) is 0 Å². The zero-order chi connectivity index (χ0) is 16.2. The molecule has 0 N–H and O–H groups in total. The Morgan fingerprint density at radius 2 is 2.13 bits per heavy atom. The lowest BCUT2D eigenvalue weighted by molar-refractivity contribution is 0.235. The van der Waals surface area contributed by atoms with Gasteiger partial charge in [-0.25, -0.2) is 14.4 Å². The van der Waals surface area contributed by atoms with Gasteiger partial charge in [-0.1, -0.05) is 6.07 Å². The summed E-state index contributed by atoms with van der Waals surface area (Å²) < 4.78 is 29.1. The lowest BCUT2D eigenvalue weighted by Crippen LogP contribution is -2.23. The summed E-state index contributed by atoms with van der Waals surface area (Å²) in [6.45, 7) is 0.574. The fourth-order valence-corrected chi connectivity index (χ4v) is 3.30. The quantitative estimate of drug-likeness (QED) is 0.783. The Morgan fingerprint density at radius 1 is 1.30 bits per heavy atom. The molecule has 0 fully saturated rings. The van der Waals surface area contributed by atoms with Crippen LogP contribution >= 0.6 is 11.8 Å². The minimum Gasteiger partial charge on any atom is -0.493 e. The van der Waals surface area contributed by atoms with Gasteiger partial charge in [0, 0.05) is 17.7 Å². The van der Waals surface area contributed by atoms with E-state index in [9.17, 15) is 4.39 Å². The van der Waals surface area contributed by atoms with Crippen LogP contribution in [0.2, 0.25) is 0 Å². The van der Waals surface area contributed by atoms with Gasteiger partial charge in [0.1, 0.15) is 16.6 Å². The molecule has 1 atom stereocenters. The molecule has 0 bridgehead atoms. The highest BCUT2D eigenvalue weighted by molar-refractivity contribution is 7.99. The number of ether oxygens (including phenoxy) is 3. The molecule has 1 aromatic carbocycles. The molecule has 0 radical (unpaired) electrons. The summed E-state index contributed by atoms with van der Waals surface area (Å²) in [6.07, 6.45) is 2.53. The smallest absolute Gasteiger partial charge is 0.278 e. The number of methoxy groups -OCH3 is 2. The predicted molar refractivity (Wildman–Crippen MR) is 84.9 cm³/mol. The number of halogens is 1. The highest BCUT2D eigenvalue weighted by atomic mass is 32.2. The number of benzene rings is 1. The molecule has 2 heterocycles. The van der Waals surface area contributed by atoms with E-state index < -0.39 is 0 Å². The average molecular weight is 336 g/mol. The van der Waals surface area contributed by atoms with E-state index in [1.165, 1.54) is 26.4 Å². The third-order valence-corrected chi connectivity index (χ3v) is 4.68. The molecule has 0 saturated carbocycles. The first-order chi connectivity index (χ1) is 11.2. The third-order valence-electron chi connectivity index (χ3n) is 3.55. The van der Waals surface area contributed by atoms with Crippen LogP contribution in [0.4, 0.5) is 4.39 Å². The lowest BCUT2D eigenvalue weighted by Gasteiger charge is -2.24. The Hall–Kier alpha value is -2.02. The average Bonchev–Trinajstić information content (AvgIpc) is 2.59. The van der Waals surface area contributed by atoms with Crippen LogP contribution in [-0.4, -0.2) is 36.5 Å². The van der Waals surface area contributed by atoms with E-state index in [1.54, 1.807) is 24.0 Å². The fourth-order valence-electron chi connectivity index (χ4n) is 2.41. The second-order valence-electron chi connectivity index (χ2n) is 5.17. The van der Waals surface area contributed by atoms with Crippen molar-refractivity contribution in [2.75, 3.05) is 26.6 Å². The van der Waals surface area contributed by atoms with Gasteiger partial charge in [-0.15, -0.1) is 11.8 Å². The lowest BCUT2D eigenvalue weighted by atomic mass is 9.98. The molecule has 3 rings (SSSR count). The largest absolute Gasteiger partial charge is 0.493 e. The van der Waals surface area contributed by atoms with Gasteiger partial charge in [-0.3, -0.25) is 0 Å².